The Bertz CT molecular complexity index is 696. The topological polar surface area (TPSA) is 23.5 Å². The van der Waals surface area contributed by atoms with Crippen molar-refractivity contribution in [3.8, 4) is 5.75 Å². The Hall–Kier alpha value is -1.77. The van der Waals surface area contributed by atoms with Crippen molar-refractivity contribution in [2.75, 3.05) is 20.6 Å². The zero-order valence-electron chi connectivity index (χ0n) is 15.1. The van der Waals surface area contributed by atoms with Crippen LogP contribution in [0.4, 0.5) is 0 Å². The van der Waals surface area contributed by atoms with Gasteiger partial charge in [0.1, 0.15) is 5.75 Å². The molecule has 2 aromatic carbocycles. The quantitative estimate of drug-likeness (QED) is 0.798. The molecule has 2 atom stereocenters. The second-order valence-electron chi connectivity index (χ2n) is 7.18. The maximum Gasteiger partial charge on any atom is 0.115 e. The third kappa shape index (κ3) is 5.35. The van der Waals surface area contributed by atoms with Crippen molar-refractivity contribution in [1.29, 1.82) is 0 Å². The predicted octanol–water partition coefficient (Wildman–Crippen LogP) is 5.34. The summed E-state index contributed by atoms with van der Waals surface area (Å²) in [7, 11) is 4.30. The normalized spacial score (nSPS) is 22.0. The van der Waals surface area contributed by atoms with Crippen LogP contribution >= 0.6 is 12.4 Å². The molecule has 2 nitrogen and oxygen atoms in total. The SMILES string of the molecule is CN(C)C[C@@H]1CC/C(=C/c2ccccc2)C[C@H]1c1cccc(O)c1.Cl. The van der Waals surface area contributed by atoms with E-state index in [4.69, 9.17) is 0 Å². The zero-order chi connectivity index (χ0) is 16.9. The lowest BCUT2D eigenvalue weighted by molar-refractivity contribution is 0.256. The van der Waals surface area contributed by atoms with Crippen LogP contribution in [0.3, 0.4) is 0 Å². The number of phenolic OH excluding ortho intramolecular Hbond substituents is 1. The molecule has 0 amide bonds. The van der Waals surface area contributed by atoms with Crippen molar-refractivity contribution < 1.29 is 5.11 Å². The summed E-state index contributed by atoms with van der Waals surface area (Å²) in [5.41, 5.74) is 4.07. The van der Waals surface area contributed by atoms with Gasteiger partial charge in [-0.25, -0.2) is 0 Å². The van der Waals surface area contributed by atoms with Gasteiger partial charge in [0.05, 0.1) is 0 Å². The van der Waals surface area contributed by atoms with Crippen LogP contribution in [0.25, 0.3) is 6.08 Å². The highest BCUT2D eigenvalue weighted by molar-refractivity contribution is 5.85. The van der Waals surface area contributed by atoms with Gasteiger partial charge in [-0.1, -0.05) is 54.1 Å². The van der Waals surface area contributed by atoms with Gasteiger partial charge in [-0.15, -0.1) is 12.4 Å². The van der Waals surface area contributed by atoms with Crippen LogP contribution in [0.15, 0.2) is 60.2 Å². The maximum atomic E-state index is 9.89. The van der Waals surface area contributed by atoms with E-state index in [0.717, 1.165) is 13.0 Å². The van der Waals surface area contributed by atoms with Crippen molar-refractivity contribution in [3.05, 3.63) is 71.3 Å². The predicted molar refractivity (Wildman–Crippen MR) is 108 cm³/mol. The Balaban J connectivity index is 0.00000225. The largest absolute Gasteiger partial charge is 0.508 e. The van der Waals surface area contributed by atoms with Gasteiger partial charge in [0.25, 0.3) is 0 Å². The van der Waals surface area contributed by atoms with E-state index in [-0.39, 0.29) is 12.4 Å². The molecule has 1 aliphatic rings. The molecule has 3 heteroatoms. The van der Waals surface area contributed by atoms with Gasteiger partial charge in [0.2, 0.25) is 0 Å². The fraction of sp³-hybridized carbons (Fsp3) is 0.364. The van der Waals surface area contributed by atoms with Crippen molar-refractivity contribution in [3.63, 3.8) is 0 Å². The molecule has 1 N–H and O–H groups in total. The number of nitrogens with zero attached hydrogens (tertiary/aromatic N) is 1. The molecule has 0 unspecified atom stereocenters. The minimum Gasteiger partial charge on any atom is -0.508 e. The average Bonchev–Trinajstić information content (AvgIpc) is 2.57. The van der Waals surface area contributed by atoms with Crippen molar-refractivity contribution in [2.45, 2.75) is 25.2 Å². The highest BCUT2D eigenvalue weighted by Crippen LogP contribution is 2.41. The van der Waals surface area contributed by atoms with Crippen LogP contribution in [0.5, 0.6) is 5.75 Å². The van der Waals surface area contributed by atoms with E-state index >= 15 is 0 Å². The molecular weight excluding hydrogens is 330 g/mol. The molecule has 0 spiro atoms. The molecule has 0 bridgehead atoms. The molecule has 134 valence electrons. The van der Waals surface area contributed by atoms with Crippen LogP contribution in [-0.2, 0) is 0 Å². The minimum absolute atomic E-state index is 0. The second kappa shape index (κ2) is 9.07. The number of benzene rings is 2. The molecule has 1 fully saturated rings. The lowest BCUT2D eigenvalue weighted by Crippen LogP contribution is -2.29. The first-order valence-electron chi connectivity index (χ1n) is 8.80. The highest BCUT2D eigenvalue weighted by Gasteiger charge is 2.29. The van der Waals surface area contributed by atoms with Gasteiger partial charge >= 0.3 is 0 Å². The Kier molecular flexibility index (Phi) is 7.10. The number of hydrogen-bond acceptors (Lipinski definition) is 2. The summed E-state index contributed by atoms with van der Waals surface area (Å²) in [6.07, 6.45) is 5.80. The average molecular weight is 358 g/mol. The van der Waals surface area contributed by atoms with Crippen molar-refractivity contribution >= 4 is 18.5 Å². The summed E-state index contributed by atoms with van der Waals surface area (Å²) in [5, 5.41) is 9.89. The third-order valence-corrected chi connectivity index (χ3v) is 4.96. The molecule has 0 saturated heterocycles. The zero-order valence-corrected chi connectivity index (χ0v) is 15.9. The minimum atomic E-state index is 0. The standard InChI is InChI=1S/C22H27NO.ClH/c1-23(2)16-20-12-11-18(13-17-7-4-3-5-8-17)14-22(20)19-9-6-10-21(24)15-19;/h3-10,13,15,20,22,24H,11-12,14,16H2,1-2H3;1H/b18-13-;/t20-,22-;/m0./s1. The molecule has 3 rings (SSSR count). The first kappa shape index (κ1) is 19.6. The van der Waals surface area contributed by atoms with Gasteiger partial charge in [-0.3, -0.25) is 0 Å². The second-order valence-corrected chi connectivity index (χ2v) is 7.18. The highest BCUT2D eigenvalue weighted by atomic mass is 35.5. The maximum absolute atomic E-state index is 9.89. The fourth-order valence-electron chi connectivity index (χ4n) is 3.87. The van der Waals surface area contributed by atoms with E-state index in [0.29, 0.717) is 17.6 Å². The molecule has 0 aliphatic heterocycles. The summed E-state index contributed by atoms with van der Waals surface area (Å²) >= 11 is 0. The van der Waals surface area contributed by atoms with Gasteiger partial charge in [0.15, 0.2) is 0 Å². The number of hydrogen-bond donors (Lipinski definition) is 1. The van der Waals surface area contributed by atoms with E-state index in [2.05, 4.69) is 61.5 Å². The van der Waals surface area contributed by atoms with Crippen LogP contribution in [0.1, 0.15) is 36.3 Å². The lowest BCUT2D eigenvalue weighted by Gasteiger charge is -2.35. The first-order valence-corrected chi connectivity index (χ1v) is 8.80. The van der Waals surface area contributed by atoms with Gasteiger partial charge in [-0.05, 0) is 68.5 Å². The van der Waals surface area contributed by atoms with Crippen LogP contribution in [0.2, 0.25) is 0 Å². The first-order chi connectivity index (χ1) is 11.6. The Morgan fingerprint density at radius 2 is 1.84 bits per heavy atom. The molecule has 25 heavy (non-hydrogen) atoms. The summed E-state index contributed by atoms with van der Waals surface area (Å²) in [5.74, 6) is 1.48. The molecule has 2 aromatic rings. The third-order valence-electron chi connectivity index (χ3n) is 4.96. The number of aromatic hydroxyl groups is 1. The van der Waals surface area contributed by atoms with Crippen molar-refractivity contribution in [1.82, 2.24) is 4.90 Å². The summed E-state index contributed by atoms with van der Waals surface area (Å²) in [6, 6.07) is 18.4. The monoisotopic (exact) mass is 357 g/mol. The summed E-state index contributed by atoms with van der Waals surface area (Å²) < 4.78 is 0. The number of phenols is 1. The Labute approximate surface area is 157 Å². The number of halogens is 1. The van der Waals surface area contributed by atoms with Crippen molar-refractivity contribution in [2.24, 2.45) is 5.92 Å². The number of rotatable bonds is 4. The molecule has 1 saturated carbocycles. The molecule has 0 radical (unpaired) electrons. The lowest BCUT2D eigenvalue weighted by atomic mass is 9.73. The Morgan fingerprint density at radius 1 is 1.08 bits per heavy atom. The Morgan fingerprint density at radius 3 is 2.52 bits per heavy atom. The van der Waals surface area contributed by atoms with Crippen LogP contribution in [0, 0.1) is 5.92 Å². The molecule has 0 heterocycles. The smallest absolute Gasteiger partial charge is 0.115 e. The van der Waals surface area contributed by atoms with Gasteiger partial charge < -0.3 is 10.0 Å². The van der Waals surface area contributed by atoms with E-state index < -0.39 is 0 Å². The fourth-order valence-corrected chi connectivity index (χ4v) is 3.87. The van der Waals surface area contributed by atoms with E-state index in [1.807, 2.05) is 12.1 Å². The summed E-state index contributed by atoms with van der Waals surface area (Å²) in [4.78, 5) is 2.28. The van der Waals surface area contributed by atoms with Gasteiger partial charge in [-0.2, -0.15) is 0 Å². The van der Waals surface area contributed by atoms with E-state index in [9.17, 15) is 5.11 Å². The molecular formula is C22H28ClNO. The van der Waals surface area contributed by atoms with E-state index in [1.54, 1.807) is 6.07 Å². The number of allylic oxidation sites excluding steroid dienone is 1. The van der Waals surface area contributed by atoms with E-state index in [1.165, 1.54) is 29.5 Å². The molecule has 0 aromatic heterocycles. The van der Waals surface area contributed by atoms with Crippen LogP contribution in [-0.4, -0.2) is 30.6 Å². The van der Waals surface area contributed by atoms with Gasteiger partial charge in [0, 0.05) is 6.54 Å². The van der Waals surface area contributed by atoms with Crippen LogP contribution < -0.4 is 0 Å². The summed E-state index contributed by atoms with van der Waals surface area (Å²) in [6.45, 7) is 1.10. The molecule has 1 aliphatic carbocycles.